The molecule has 0 radical (unpaired) electrons. The van der Waals surface area contributed by atoms with E-state index in [2.05, 4.69) is 52.6 Å². The van der Waals surface area contributed by atoms with Crippen LogP contribution in [0.15, 0.2) is 17.5 Å². The Morgan fingerprint density at radius 3 is 2.18 bits per heavy atom. The van der Waals surface area contributed by atoms with Crippen molar-refractivity contribution in [3.05, 3.63) is 33.6 Å². The zero-order chi connectivity index (χ0) is 16.7. The van der Waals surface area contributed by atoms with Gasteiger partial charge in [0.1, 0.15) is 10.8 Å². The van der Waals surface area contributed by atoms with E-state index in [1.54, 1.807) is 11.3 Å². The monoisotopic (exact) mass is 318 g/mol. The molecule has 3 N–H and O–H groups in total. The molecule has 3 nitrogen and oxygen atoms in total. The molecule has 1 aromatic heterocycles. The summed E-state index contributed by atoms with van der Waals surface area (Å²) in [4.78, 5) is 4.59. The van der Waals surface area contributed by atoms with Crippen LogP contribution in [-0.4, -0.2) is 10.1 Å². The van der Waals surface area contributed by atoms with Gasteiger partial charge in [-0.25, -0.2) is 4.98 Å². The first-order chi connectivity index (χ1) is 10.1. The highest BCUT2D eigenvalue weighted by atomic mass is 32.1. The van der Waals surface area contributed by atoms with E-state index in [-0.39, 0.29) is 10.8 Å². The van der Waals surface area contributed by atoms with Crippen molar-refractivity contribution in [3.8, 4) is 17.0 Å². The number of benzene rings is 1. The molecule has 0 aliphatic heterocycles. The summed E-state index contributed by atoms with van der Waals surface area (Å²) in [7, 11) is 0. The first-order valence-electron chi connectivity index (χ1n) is 7.57. The van der Waals surface area contributed by atoms with Gasteiger partial charge in [0, 0.05) is 23.1 Å². The number of nitrogens with zero attached hydrogens (tertiary/aromatic N) is 1. The van der Waals surface area contributed by atoms with E-state index in [0.29, 0.717) is 12.3 Å². The van der Waals surface area contributed by atoms with Crippen molar-refractivity contribution >= 4 is 11.3 Å². The molecule has 2 aromatic rings. The number of aromatic hydroxyl groups is 1. The molecule has 1 heterocycles. The van der Waals surface area contributed by atoms with Gasteiger partial charge in [-0.3, -0.25) is 0 Å². The minimum absolute atomic E-state index is 0.104. The second kappa shape index (κ2) is 5.67. The van der Waals surface area contributed by atoms with Gasteiger partial charge in [-0.2, -0.15) is 0 Å². The van der Waals surface area contributed by atoms with Gasteiger partial charge < -0.3 is 10.8 Å². The molecule has 0 bridgehead atoms. The highest BCUT2D eigenvalue weighted by molar-refractivity contribution is 7.09. The van der Waals surface area contributed by atoms with Crippen LogP contribution in [-0.2, 0) is 17.4 Å². The first-order valence-corrected chi connectivity index (χ1v) is 8.45. The Hall–Kier alpha value is -1.39. The maximum Gasteiger partial charge on any atom is 0.123 e. The van der Waals surface area contributed by atoms with Crippen LogP contribution in [0.3, 0.4) is 0 Å². The lowest BCUT2D eigenvalue weighted by molar-refractivity contribution is 0.424. The van der Waals surface area contributed by atoms with Gasteiger partial charge in [0.15, 0.2) is 0 Å². The summed E-state index contributed by atoms with van der Waals surface area (Å²) in [5, 5.41) is 13.8. The Bertz CT molecular complexity index is 675. The summed E-state index contributed by atoms with van der Waals surface area (Å²) in [5.41, 5.74) is 9.21. The Balaban J connectivity index is 2.72. The Morgan fingerprint density at radius 2 is 1.73 bits per heavy atom. The van der Waals surface area contributed by atoms with E-state index in [9.17, 15) is 5.11 Å². The van der Waals surface area contributed by atoms with Crippen molar-refractivity contribution in [2.75, 3.05) is 0 Å². The van der Waals surface area contributed by atoms with Crippen molar-refractivity contribution in [2.24, 2.45) is 5.73 Å². The van der Waals surface area contributed by atoms with Crippen molar-refractivity contribution in [3.63, 3.8) is 0 Å². The van der Waals surface area contributed by atoms with Crippen LogP contribution in [0, 0.1) is 0 Å². The number of hydrogen-bond donors (Lipinski definition) is 2. The molecule has 22 heavy (non-hydrogen) atoms. The summed E-state index contributed by atoms with van der Waals surface area (Å²) in [6.07, 6.45) is 0. The maximum absolute atomic E-state index is 10.9. The van der Waals surface area contributed by atoms with Gasteiger partial charge in [-0.1, -0.05) is 53.7 Å². The number of hydrogen-bond acceptors (Lipinski definition) is 4. The molecule has 0 spiro atoms. The lowest BCUT2D eigenvalue weighted by atomic mass is 9.77. The minimum Gasteiger partial charge on any atom is -0.507 e. The molecule has 0 aliphatic carbocycles. The van der Waals surface area contributed by atoms with Crippen LogP contribution in [0.1, 0.15) is 57.7 Å². The summed E-state index contributed by atoms with van der Waals surface area (Å²) in [6.45, 7) is 13.1. The van der Waals surface area contributed by atoms with Crippen molar-refractivity contribution < 1.29 is 5.11 Å². The van der Waals surface area contributed by atoms with Gasteiger partial charge in [0.25, 0.3) is 0 Å². The highest BCUT2D eigenvalue weighted by Crippen LogP contribution is 2.44. The highest BCUT2D eigenvalue weighted by Gasteiger charge is 2.29. The van der Waals surface area contributed by atoms with E-state index in [4.69, 9.17) is 5.73 Å². The predicted octanol–water partition coefficient (Wildman–Crippen LogP) is 4.57. The Morgan fingerprint density at radius 1 is 1.09 bits per heavy atom. The minimum atomic E-state index is -0.173. The zero-order valence-corrected chi connectivity index (χ0v) is 15.1. The number of rotatable bonds is 2. The molecule has 0 unspecified atom stereocenters. The molecule has 120 valence electrons. The molecule has 0 aliphatic rings. The van der Waals surface area contributed by atoms with Crippen LogP contribution in [0.4, 0.5) is 0 Å². The predicted molar refractivity (Wildman–Crippen MR) is 94.5 cm³/mol. The summed E-state index contributed by atoms with van der Waals surface area (Å²) in [6, 6.07) is 4.09. The maximum atomic E-state index is 10.9. The quantitative estimate of drug-likeness (QED) is 0.852. The van der Waals surface area contributed by atoms with E-state index in [1.807, 2.05) is 11.4 Å². The van der Waals surface area contributed by atoms with Crippen LogP contribution >= 0.6 is 11.3 Å². The van der Waals surface area contributed by atoms with E-state index >= 15 is 0 Å². The van der Waals surface area contributed by atoms with Crippen LogP contribution in [0.5, 0.6) is 5.75 Å². The van der Waals surface area contributed by atoms with E-state index in [0.717, 1.165) is 27.4 Å². The molecule has 0 atom stereocenters. The van der Waals surface area contributed by atoms with Crippen LogP contribution in [0.2, 0.25) is 0 Å². The molecule has 1 aromatic carbocycles. The second-order valence-electron chi connectivity index (χ2n) is 7.71. The summed E-state index contributed by atoms with van der Waals surface area (Å²) in [5.74, 6) is 0.389. The number of nitrogens with two attached hydrogens (primary N) is 1. The number of thiazole rings is 1. The average molecular weight is 318 g/mol. The van der Waals surface area contributed by atoms with Gasteiger partial charge in [-0.05, 0) is 16.4 Å². The lowest BCUT2D eigenvalue weighted by Crippen LogP contribution is -2.18. The molecular formula is C18H26N2OS. The number of aromatic nitrogens is 1. The smallest absolute Gasteiger partial charge is 0.123 e. The standard InChI is InChI=1S/C18H26N2OS/c1-17(2,3)12-8-7-11(13-10-22-14(9-19)20-13)15(16(12)21)18(4,5)6/h7-8,10,21H,9,19H2,1-6H3. The first kappa shape index (κ1) is 17.0. The third kappa shape index (κ3) is 3.18. The molecule has 0 saturated heterocycles. The molecule has 2 rings (SSSR count). The molecule has 0 saturated carbocycles. The Kier molecular flexibility index (Phi) is 4.37. The lowest BCUT2D eigenvalue weighted by Gasteiger charge is -2.29. The fraction of sp³-hybridized carbons (Fsp3) is 0.500. The third-order valence-electron chi connectivity index (χ3n) is 3.74. The van der Waals surface area contributed by atoms with E-state index < -0.39 is 0 Å². The SMILES string of the molecule is CC(C)(C)c1ccc(-c2csc(CN)n2)c(C(C)(C)C)c1O. The summed E-state index contributed by atoms with van der Waals surface area (Å²) < 4.78 is 0. The zero-order valence-electron chi connectivity index (χ0n) is 14.3. The fourth-order valence-electron chi connectivity index (χ4n) is 2.70. The van der Waals surface area contributed by atoms with E-state index in [1.165, 1.54) is 0 Å². The normalized spacial score (nSPS) is 12.7. The Labute approximate surface area is 137 Å². The largest absolute Gasteiger partial charge is 0.507 e. The van der Waals surface area contributed by atoms with Gasteiger partial charge in [-0.15, -0.1) is 11.3 Å². The molecular weight excluding hydrogens is 292 g/mol. The van der Waals surface area contributed by atoms with Crippen LogP contribution in [0.25, 0.3) is 11.3 Å². The molecule has 4 heteroatoms. The summed E-state index contributed by atoms with van der Waals surface area (Å²) >= 11 is 1.56. The molecule has 0 fully saturated rings. The second-order valence-corrected chi connectivity index (χ2v) is 8.66. The van der Waals surface area contributed by atoms with Crippen molar-refractivity contribution in [2.45, 2.75) is 58.9 Å². The van der Waals surface area contributed by atoms with Gasteiger partial charge in [0.2, 0.25) is 0 Å². The molecule has 0 amide bonds. The van der Waals surface area contributed by atoms with Crippen LogP contribution < -0.4 is 5.73 Å². The number of phenols is 1. The number of phenolic OH excluding ortho intramolecular Hbond substituents is 1. The fourth-order valence-corrected chi connectivity index (χ4v) is 3.37. The van der Waals surface area contributed by atoms with Gasteiger partial charge >= 0.3 is 0 Å². The topological polar surface area (TPSA) is 59.1 Å². The van der Waals surface area contributed by atoms with Crippen molar-refractivity contribution in [1.29, 1.82) is 0 Å². The van der Waals surface area contributed by atoms with Crippen molar-refractivity contribution in [1.82, 2.24) is 4.98 Å². The average Bonchev–Trinajstić information content (AvgIpc) is 2.83. The third-order valence-corrected chi connectivity index (χ3v) is 4.61. The van der Waals surface area contributed by atoms with Gasteiger partial charge in [0.05, 0.1) is 5.69 Å².